The molecule has 1 atom stereocenters. The van der Waals surface area contributed by atoms with Crippen molar-refractivity contribution in [1.82, 2.24) is 15.2 Å². The zero-order valence-electron chi connectivity index (χ0n) is 11.6. The third kappa shape index (κ3) is 3.39. The van der Waals surface area contributed by atoms with Crippen molar-refractivity contribution in [2.24, 2.45) is 0 Å². The largest absolute Gasteiger partial charge is 0.390 e. The maximum Gasteiger partial charge on any atom is 0.390 e. The van der Waals surface area contributed by atoms with Crippen molar-refractivity contribution in [2.75, 3.05) is 26.2 Å². The molecule has 2 N–H and O–H groups in total. The molecule has 0 radical (unpaired) electrons. The summed E-state index contributed by atoms with van der Waals surface area (Å²) < 4.78 is 38.9. The zero-order chi connectivity index (χ0) is 14.9. The van der Waals surface area contributed by atoms with E-state index in [0.29, 0.717) is 13.1 Å². The van der Waals surface area contributed by atoms with Crippen LogP contribution in [-0.2, 0) is 0 Å². The van der Waals surface area contributed by atoms with Crippen molar-refractivity contribution in [3.05, 3.63) is 36.0 Å². The summed E-state index contributed by atoms with van der Waals surface area (Å²) in [4.78, 5) is 5.00. The highest BCUT2D eigenvalue weighted by Gasteiger charge is 2.35. The van der Waals surface area contributed by atoms with Crippen LogP contribution >= 0.6 is 0 Å². The third-order valence-corrected chi connectivity index (χ3v) is 3.98. The van der Waals surface area contributed by atoms with Crippen molar-refractivity contribution >= 4 is 10.9 Å². The lowest BCUT2D eigenvalue weighted by Gasteiger charge is -2.35. The molecule has 2 heterocycles. The summed E-state index contributed by atoms with van der Waals surface area (Å²) in [5, 5.41) is 4.13. The fraction of sp³-hybridized carbons (Fsp3) is 0.467. The smallest absolute Gasteiger partial charge is 0.361 e. The fourth-order valence-corrected chi connectivity index (χ4v) is 2.95. The van der Waals surface area contributed by atoms with Crippen LogP contribution in [0.15, 0.2) is 30.5 Å². The lowest BCUT2D eigenvalue weighted by molar-refractivity contribution is -0.148. The summed E-state index contributed by atoms with van der Waals surface area (Å²) in [6, 6.07) is 6.81. The van der Waals surface area contributed by atoms with Crippen molar-refractivity contribution in [1.29, 1.82) is 0 Å². The molecule has 1 fully saturated rings. The van der Waals surface area contributed by atoms with E-state index in [2.05, 4.69) is 10.3 Å². The molecule has 2 aromatic rings. The Morgan fingerprint density at radius 3 is 2.62 bits per heavy atom. The van der Waals surface area contributed by atoms with Gasteiger partial charge in [-0.15, -0.1) is 0 Å². The first-order valence-corrected chi connectivity index (χ1v) is 7.11. The van der Waals surface area contributed by atoms with Crippen molar-refractivity contribution < 1.29 is 13.2 Å². The summed E-state index contributed by atoms with van der Waals surface area (Å²) in [7, 11) is 0. The molecule has 1 aliphatic rings. The Balaban J connectivity index is 1.92. The summed E-state index contributed by atoms with van der Waals surface area (Å²) in [6.07, 6.45) is -3.16. The molecule has 0 saturated carbocycles. The highest BCUT2D eigenvalue weighted by atomic mass is 19.4. The van der Waals surface area contributed by atoms with E-state index in [9.17, 15) is 13.2 Å². The van der Waals surface area contributed by atoms with Gasteiger partial charge in [0.05, 0.1) is 6.42 Å². The van der Waals surface area contributed by atoms with E-state index in [1.54, 1.807) is 12.3 Å². The van der Waals surface area contributed by atoms with Gasteiger partial charge in [0, 0.05) is 43.9 Å². The van der Waals surface area contributed by atoms with Crippen molar-refractivity contribution in [3.8, 4) is 0 Å². The fourth-order valence-electron chi connectivity index (χ4n) is 2.95. The number of hydrogen-bond donors (Lipinski definition) is 2. The second-order valence-electron chi connectivity index (χ2n) is 5.45. The number of hydrogen-bond acceptors (Lipinski definition) is 2. The number of halogens is 3. The van der Waals surface area contributed by atoms with Crippen molar-refractivity contribution in [2.45, 2.75) is 18.6 Å². The molecule has 1 aliphatic heterocycles. The Morgan fingerprint density at radius 1 is 1.14 bits per heavy atom. The number of nitrogens with one attached hydrogen (secondary N) is 2. The van der Waals surface area contributed by atoms with Crippen LogP contribution in [0.1, 0.15) is 18.0 Å². The minimum atomic E-state index is -4.16. The van der Waals surface area contributed by atoms with Crippen LogP contribution < -0.4 is 5.32 Å². The summed E-state index contributed by atoms with van der Waals surface area (Å²) in [5.74, 6) is 0. The minimum absolute atomic E-state index is 0.605. The average molecular weight is 297 g/mol. The maximum absolute atomic E-state index is 13.0. The number of piperazine rings is 1. The third-order valence-electron chi connectivity index (χ3n) is 3.98. The monoisotopic (exact) mass is 297 g/mol. The van der Waals surface area contributed by atoms with Gasteiger partial charge >= 0.3 is 6.18 Å². The van der Waals surface area contributed by atoms with Gasteiger partial charge in [-0.2, -0.15) is 13.2 Å². The Bertz CT molecular complexity index is 599. The maximum atomic E-state index is 13.0. The van der Waals surface area contributed by atoms with E-state index in [1.165, 1.54) is 0 Å². The molecular formula is C15H18F3N3. The summed E-state index contributed by atoms with van der Waals surface area (Å²) in [6.45, 7) is 2.76. The van der Waals surface area contributed by atoms with Gasteiger partial charge in [-0.3, -0.25) is 4.90 Å². The van der Waals surface area contributed by atoms with E-state index in [0.717, 1.165) is 29.6 Å². The van der Waals surface area contributed by atoms with Crippen LogP contribution in [0.25, 0.3) is 10.9 Å². The van der Waals surface area contributed by atoms with E-state index >= 15 is 0 Å². The normalized spacial score (nSPS) is 19.0. The average Bonchev–Trinajstić information content (AvgIpc) is 2.92. The van der Waals surface area contributed by atoms with Gasteiger partial charge in [-0.05, 0) is 29.1 Å². The molecule has 0 bridgehead atoms. The predicted molar refractivity (Wildman–Crippen MR) is 76.2 cm³/mol. The van der Waals surface area contributed by atoms with Crippen LogP contribution in [0.3, 0.4) is 0 Å². The number of rotatable bonds is 3. The van der Waals surface area contributed by atoms with Crippen LogP contribution in [0.2, 0.25) is 0 Å². The van der Waals surface area contributed by atoms with Gasteiger partial charge < -0.3 is 10.3 Å². The lowest BCUT2D eigenvalue weighted by Crippen LogP contribution is -2.46. The number of aromatic nitrogens is 1. The molecule has 1 saturated heterocycles. The number of aromatic amines is 1. The van der Waals surface area contributed by atoms with Gasteiger partial charge in [-0.25, -0.2) is 0 Å². The minimum Gasteiger partial charge on any atom is -0.361 e. The second kappa shape index (κ2) is 5.69. The number of alkyl halides is 3. The Labute approximate surface area is 121 Å². The highest BCUT2D eigenvalue weighted by Crippen LogP contribution is 2.35. The molecule has 3 rings (SSSR count). The van der Waals surface area contributed by atoms with Crippen LogP contribution in [0.4, 0.5) is 13.2 Å². The predicted octanol–water partition coefficient (Wildman–Crippen LogP) is 3.07. The van der Waals surface area contributed by atoms with Crippen LogP contribution in [0.5, 0.6) is 0 Å². The summed E-state index contributed by atoms with van der Waals surface area (Å²) >= 11 is 0. The standard InChI is InChI=1S/C15H18F3N3/c16-15(17,18)10-14(21-7-5-19-6-8-21)12-1-2-13-11(9-12)3-4-20-13/h1-4,9,14,19-20H,5-8,10H2/t14-/m0/s1. The number of benzene rings is 1. The van der Waals surface area contributed by atoms with Gasteiger partial charge in [0.1, 0.15) is 0 Å². The number of H-pyrrole nitrogens is 1. The molecule has 0 aliphatic carbocycles. The molecule has 21 heavy (non-hydrogen) atoms. The van der Waals surface area contributed by atoms with Gasteiger partial charge in [0.25, 0.3) is 0 Å². The molecule has 1 aromatic carbocycles. The first-order chi connectivity index (χ1) is 10.0. The second-order valence-corrected chi connectivity index (χ2v) is 5.45. The van der Waals surface area contributed by atoms with E-state index < -0.39 is 18.6 Å². The lowest BCUT2D eigenvalue weighted by atomic mass is 9.99. The van der Waals surface area contributed by atoms with Gasteiger partial charge in [0.2, 0.25) is 0 Å². The molecule has 3 nitrogen and oxygen atoms in total. The first kappa shape index (κ1) is 14.4. The molecular weight excluding hydrogens is 279 g/mol. The quantitative estimate of drug-likeness (QED) is 0.912. The molecule has 0 unspecified atom stereocenters. The summed E-state index contributed by atoms with van der Waals surface area (Å²) in [5.41, 5.74) is 1.69. The van der Waals surface area contributed by atoms with Crippen molar-refractivity contribution in [3.63, 3.8) is 0 Å². The molecule has 114 valence electrons. The zero-order valence-corrected chi connectivity index (χ0v) is 11.6. The van der Waals surface area contributed by atoms with Crippen LogP contribution in [-0.4, -0.2) is 42.2 Å². The Hall–Kier alpha value is -1.53. The first-order valence-electron chi connectivity index (χ1n) is 7.11. The molecule has 0 spiro atoms. The van der Waals surface area contributed by atoms with E-state index in [1.807, 2.05) is 23.1 Å². The molecule has 0 amide bonds. The van der Waals surface area contributed by atoms with E-state index in [4.69, 9.17) is 0 Å². The topological polar surface area (TPSA) is 31.1 Å². The van der Waals surface area contributed by atoms with E-state index in [-0.39, 0.29) is 0 Å². The highest BCUT2D eigenvalue weighted by molar-refractivity contribution is 5.80. The SMILES string of the molecule is FC(F)(F)C[C@@H](c1ccc2[nH]ccc2c1)N1CCNCC1. The van der Waals surface area contributed by atoms with Gasteiger partial charge in [0.15, 0.2) is 0 Å². The number of nitrogens with zero attached hydrogens (tertiary/aromatic N) is 1. The Kier molecular flexibility index (Phi) is 3.91. The van der Waals surface area contributed by atoms with Crippen LogP contribution in [0, 0.1) is 0 Å². The van der Waals surface area contributed by atoms with Gasteiger partial charge in [-0.1, -0.05) is 6.07 Å². The molecule has 1 aromatic heterocycles. The molecule has 6 heteroatoms. The Morgan fingerprint density at radius 2 is 1.90 bits per heavy atom. The number of fused-ring (bicyclic) bond motifs is 1.